The monoisotopic (exact) mass is 254 g/mol. The molecular weight excluding hydrogens is 236 g/mol. The predicted octanol–water partition coefficient (Wildman–Crippen LogP) is 2.73. The maximum atomic E-state index is 5.80. The molecule has 4 heteroatoms. The van der Waals surface area contributed by atoms with Gasteiger partial charge in [0.25, 0.3) is 0 Å². The maximum absolute atomic E-state index is 5.80. The van der Waals surface area contributed by atoms with Crippen molar-refractivity contribution in [2.24, 2.45) is 5.73 Å². The van der Waals surface area contributed by atoms with Crippen molar-refractivity contribution >= 4 is 10.9 Å². The van der Waals surface area contributed by atoms with Crippen molar-refractivity contribution in [3.05, 3.63) is 43.0 Å². The minimum atomic E-state index is -0.114. The molecule has 4 nitrogen and oxygen atoms in total. The summed E-state index contributed by atoms with van der Waals surface area (Å²) in [5.74, 6) is 0. The van der Waals surface area contributed by atoms with Crippen LogP contribution in [0.15, 0.2) is 43.0 Å². The molecule has 0 bridgehead atoms. The molecule has 0 aliphatic rings. The Kier molecular flexibility index (Phi) is 2.68. The fourth-order valence-corrected chi connectivity index (χ4v) is 2.18. The summed E-state index contributed by atoms with van der Waals surface area (Å²) in [5.41, 5.74) is 8.92. The molecule has 19 heavy (non-hydrogen) atoms. The van der Waals surface area contributed by atoms with Crippen molar-refractivity contribution in [3.63, 3.8) is 0 Å². The average molecular weight is 254 g/mol. The molecule has 0 amide bonds. The minimum Gasteiger partial charge on any atom is -0.360 e. The van der Waals surface area contributed by atoms with E-state index in [-0.39, 0.29) is 5.54 Å². The summed E-state index contributed by atoms with van der Waals surface area (Å²) in [6, 6.07) is 8.24. The quantitative estimate of drug-likeness (QED) is 0.755. The summed E-state index contributed by atoms with van der Waals surface area (Å²) in [6.45, 7) is 4.79. The lowest BCUT2D eigenvalue weighted by atomic mass is 10.1. The Labute approximate surface area is 112 Å². The van der Waals surface area contributed by atoms with Crippen LogP contribution in [0.3, 0.4) is 0 Å². The first-order chi connectivity index (χ1) is 9.12. The topological polar surface area (TPSA) is 59.6 Å². The highest BCUT2D eigenvalue weighted by atomic mass is 15.1. The Morgan fingerprint density at radius 2 is 2.11 bits per heavy atom. The highest BCUT2D eigenvalue weighted by molar-refractivity contribution is 5.94. The molecule has 0 atom stereocenters. The molecule has 1 aromatic carbocycles. The van der Waals surface area contributed by atoms with Crippen molar-refractivity contribution < 1.29 is 0 Å². The number of aromatic nitrogens is 3. The Morgan fingerprint density at radius 3 is 2.89 bits per heavy atom. The molecule has 2 aromatic heterocycles. The van der Waals surface area contributed by atoms with E-state index in [1.165, 1.54) is 5.39 Å². The average Bonchev–Trinajstić information content (AvgIpc) is 3.05. The Bertz CT molecular complexity index is 706. The van der Waals surface area contributed by atoms with Crippen LogP contribution in [0.25, 0.3) is 22.2 Å². The van der Waals surface area contributed by atoms with Gasteiger partial charge >= 0.3 is 0 Å². The van der Waals surface area contributed by atoms with E-state index in [1.807, 2.05) is 24.7 Å². The molecule has 0 saturated carbocycles. The van der Waals surface area contributed by atoms with E-state index in [4.69, 9.17) is 5.73 Å². The van der Waals surface area contributed by atoms with E-state index < -0.39 is 0 Å². The molecule has 98 valence electrons. The van der Waals surface area contributed by atoms with Gasteiger partial charge in [-0.3, -0.25) is 0 Å². The summed E-state index contributed by atoms with van der Waals surface area (Å²) < 4.78 is 2.07. The van der Waals surface area contributed by atoms with Crippen LogP contribution in [-0.2, 0) is 5.54 Å². The van der Waals surface area contributed by atoms with Crippen LogP contribution in [0, 0.1) is 0 Å². The fourth-order valence-electron chi connectivity index (χ4n) is 2.18. The van der Waals surface area contributed by atoms with Gasteiger partial charge in [-0.05, 0) is 19.9 Å². The standard InChI is InChI=1S/C15H18N4/c1-15(2,9-16)19-8-14(18-10-19)12-7-17-13-6-4-3-5-11(12)13/h3-8,10,17H,9,16H2,1-2H3. The fraction of sp³-hybridized carbons (Fsp3) is 0.267. The van der Waals surface area contributed by atoms with Crippen LogP contribution in [0.2, 0.25) is 0 Å². The molecule has 0 saturated heterocycles. The number of hydrogen-bond acceptors (Lipinski definition) is 2. The molecule has 0 spiro atoms. The highest BCUT2D eigenvalue weighted by Gasteiger charge is 2.19. The van der Waals surface area contributed by atoms with E-state index in [1.54, 1.807) is 0 Å². The van der Waals surface area contributed by atoms with Gasteiger partial charge in [-0.2, -0.15) is 0 Å². The maximum Gasteiger partial charge on any atom is 0.0959 e. The summed E-state index contributed by atoms with van der Waals surface area (Å²) in [7, 11) is 0. The zero-order valence-corrected chi connectivity index (χ0v) is 11.2. The van der Waals surface area contributed by atoms with Crippen molar-refractivity contribution in [1.82, 2.24) is 14.5 Å². The molecule has 0 fully saturated rings. The molecule has 3 rings (SSSR count). The minimum absolute atomic E-state index is 0.114. The summed E-state index contributed by atoms with van der Waals surface area (Å²) in [4.78, 5) is 7.79. The smallest absolute Gasteiger partial charge is 0.0959 e. The van der Waals surface area contributed by atoms with Crippen LogP contribution in [0.4, 0.5) is 0 Å². The molecule has 0 aliphatic carbocycles. The highest BCUT2D eigenvalue weighted by Crippen LogP contribution is 2.28. The van der Waals surface area contributed by atoms with E-state index in [2.05, 4.69) is 46.7 Å². The third-order valence-electron chi connectivity index (χ3n) is 3.65. The second kappa shape index (κ2) is 4.24. The van der Waals surface area contributed by atoms with Crippen molar-refractivity contribution in [1.29, 1.82) is 0 Å². The van der Waals surface area contributed by atoms with Crippen LogP contribution in [0.5, 0.6) is 0 Å². The molecule has 3 N–H and O–H groups in total. The lowest BCUT2D eigenvalue weighted by Gasteiger charge is -2.23. The Morgan fingerprint density at radius 1 is 1.32 bits per heavy atom. The zero-order valence-electron chi connectivity index (χ0n) is 11.2. The Hall–Kier alpha value is -2.07. The normalized spacial score (nSPS) is 12.2. The summed E-state index contributed by atoms with van der Waals surface area (Å²) in [6.07, 6.45) is 5.92. The first-order valence-corrected chi connectivity index (χ1v) is 6.43. The summed E-state index contributed by atoms with van der Waals surface area (Å²) in [5, 5.41) is 1.19. The van der Waals surface area contributed by atoms with E-state index in [9.17, 15) is 0 Å². The zero-order chi connectivity index (χ0) is 13.5. The lowest BCUT2D eigenvalue weighted by molar-refractivity contribution is 0.366. The Balaban J connectivity index is 2.08. The number of nitrogens with one attached hydrogen (secondary N) is 1. The van der Waals surface area contributed by atoms with E-state index >= 15 is 0 Å². The first kappa shape index (κ1) is 12.0. The van der Waals surface area contributed by atoms with Crippen molar-refractivity contribution in [3.8, 4) is 11.3 Å². The molecule has 0 aliphatic heterocycles. The van der Waals surface area contributed by atoms with Crippen molar-refractivity contribution in [2.45, 2.75) is 19.4 Å². The van der Waals surface area contributed by atoms with Crippen molar-refractivity contribution in [2.75, 3.05) is 6.54 Å². The second-order valence-corrected chi connectivity index (χ2v) is 5.43. The van der Waals surface area contributed by atoms with Crippen LogP contribution in [0.1, 0.15) is 13.8 Å². The van der Waals surface area contributed by atoms with Crippen LogP contribution >= 0.6 is 0 Å². The predicted molar refractivity (Wildman–Crippen MR) is 77.9 cm³/mol. The van der Waals surface area contributed by atoms with Gasteiger partial charge in [0.05, 0.1) is 17.6 Å². The van der Waals surface area contributed by atoms with Gasteiger partial charge in [0.2, 0.25) is 0 Å². The van der Waals surface area contributed by atoms with Gasteiger partial charge in [-0.15, -0.1) is 0 Å². The number of hydrogen-bond donors (Lipinski definition) is 2. The van der Waals surface area contributed by atoms with E-state index in [0.717, 1.165) is 16.8 Å². The van der Waals surface area contributed by atoms with Gasteiger partial charge in [-0.25, -0.2) is 4.98 Å². The molecular formula is C15H18N4. The number of H-pyrrole nitrogens is 1. The number of imidazole rings is 1. The molecule has 0 radical (unpaired) electrons. The molecule has 2 heterocycles. The molecule has 3 aromatic rings. The van der Waals surface area contributed by atoms with Gasteiger partial charge in [0.1, 0.15) is 0 Å². The lowest BCUT2D eigenvalue weighted by Crippen LogP contribution is -2.33. The largest absolute Gasteiger partial charge is 0.360 e. The number of aromatic amines is 1. The van der Waals surface area contributed by atoms with Gasteiger partial charge in [0, 0.05) is 35.4 Å². The van der Waals surface area contributed by atoms with Crippen LogP contribution < -0.4 is 5.73 Å². The second-order valence-electron chi connectivity index (χ2n) is 5.43. The molecule has 0 unspecified atom stereocenters. The number of nitrogens with two attached hydrogens (primary N) is 1. The van der Waals surface area contributed by atoms with Crippen LogP contribution in [-0.4, -0.2) is 21.1 Å². The third kappa shape index (κ3) is 1.94. The number of fused-ring (bicyclic) bond motifs is 1. The number of para-hydroxylation sites is 1. The van der Waals surface area contributed by atoms with Gasteiger partial charge < -0.3 is 15.3 Å². The SMILES string of the molecule is CC(C)(CN)n1cnc(-c2c[nH]c3ccccc23)c1. The number of rotatable bonds is 3. The number of nitrogens with zero attached hydrogens (tertiary/aromatic N) is 2. The van der Waals surface area contributed by atoms with Gasteiger partial charge in [0.15, 0.2) is 0 Å². The third-order valence-corrected chi connectivity index (χ3v) is 3.65. The number of benzene rings is 1. The van der Waals surface area contributed by atoms with Gasteiger partial charge in [-0.1, -0.05) is 18.2 Å². The van der Waals surface area contributed by atoms with E-state index in [0.29, 0.717) is 6.54 Å². The first-order valence-electron chi connectivity index (χ1n) is 6.43. The summed E-state index contributed by atoms with van der Waals surface area (Å²) >= 11 is 0.